The van der Waals surface area contributed by atoms with Crippen molar-refractivity contribution in [2.75, 3.05) is 54.5 Å². The Morgan fingerprint density at radius 1 is 1.40 bits per heavy atom. The molecule has 1 aromatic heterocycles. The SMILES string of the molecule is CCS(=O)(=O)c1c(N)nsc1NCCN1CCSCC1. The second kappa shape index (κ2) is 6.97. The number of nitrogen functional groups attached to an aromatic ring is 1. The van der Waals surface area contributed by atoms with Crippen LogP contribution in [0.3, 0.4) is 0 Å². The number of hydrogen-bond acceptors (Lipinski definition) is 8. The van der Waals surface area contributed by atoms with Crippen molar-refractivity contribution >= 4 is 44.0 Å². The largest absolute Gasteiger partial charge is 0.382 e. The van der Waals surface area contributed by atoms with E-state index in [4.69, 9.17) is 5.73 Å². The van der Waals surface area contributed by atoms with Crippen LogP contribution in [0.15, 0.2) is 4.90 Å². The first-order valence-corrected chi connectivity index (χ1v) is 10.1. The molecule has 0 aromatic carbocycles. The lowest BCUT2D eigenvalue weighted by Gasteiger charge is -2.26. The second-order valence-electron chi connectivity index (χ2n) is 4.51. The van der Waals surface area contributed by atoms with Crippen LogP contribution in [0.2, 0.25) is 0 Å². The molecule has 0 atom stereocenters. The fourth-order valence-electron chi connectivity index (χ4n) is 2.00. The van der Waals surface area contributed by atoms with Crippen molar-refractivity contribution in [3.63, 3.8) is 0 Å². The topological polar surface area (TPSA) is 88.3 Å². The average Bonchev–Trinajstić information content (AvgIpc) is 2.82. The van der Waals surface area contributed by atoms with E-state index in [1.165, 1.54) is 11.5 Å². The molecular weight excluding hydrogens is 316 g/mol. The van der Waals surface area contributed by atoms with E-state index in [2.05, 4.69) is 14.6 Å². The van der Waals surface area contributed by atoms with Crippen LogP contribution >= 0.6 is 23.3 Å². The molecular formula is C11H20N4O2S3. The standard InChI is InChI=1S/C11H20N4O2S3/c1-2-20(16,17)9-10(12)14-19-11(9)13-3-4-15-5-7-18-8-6-15/h13H,2-8H2,1H3,(H2,12,14). The molecule has 0 amide bonds. The third kappa shape index (κ3) is 3.78. The molecule has 0 aliphatic carbocycles. The van der Waals surface area contributed by atoms with E-state index in [1.54, 1.807) is 6.92 Å². The summed E-state index contributed by atoms with van der Waals surface area (Å²) in [5.74, 6) is 2.48. The molecule has 1 saturated heterocycles. The van der Waals surface area contributed by atoms with Crippen LogP contribution < -0.4 is 11.1 Å². The molecule has 6 nitrogen and oxygen atoms in total. The zero-order chi connectivity index (χ0) is 14.6. The molecule has 2 rings (SSSR count). The number of thioether (sulfide) groups is 1. The van der Waals surface area contributed by atoms with Crippen molar-refractivity contribution in [2.45, 2.75) is 11.8 Å². The van der Waals surface area contributed by atoms with Gasteiger partial charge in [-0.05, 0) is 11.5 Å². The molecule has 0 saturated carbocycles. The normalized spacial score (nSPS) is 17.2. The average molecular weight is 337 g/mol. The van der Waals surface area contributed by atoms with Crippen molar-refractivity contribution in [3.05, 3.63) is 0 Å². The van der Waals surface area contributed by atoms with Crippen molar-refractivity contribution in [2.24, 2.45) is 0 Å². The highest BCUT2D eigenvalue weighted by Gasteiger charge is 2.23. The molecule has 1 fully saturated rings. The molecule has 20 heavy (non-hydrogen) atoms. The number of rotatable bonds is 6. The molecule has 3 N–H and O–H groups in total. The van der Waals surface area contributed by atoms with Gasteiger partial charge in [-0.1, -0.05) is 6.92 Å². The van der Waals surface area contributed by atoms with Gasteiger partial charge >= 0.3 is 0 Å². The van der Waals surface area contributed by atoms with E-state index in [-0.39, 0.29) is 16.5 Å². The summed E-state index contributed by atoms with van der Waals surface area (Å²) < 4.78 is 28.0. The van der Waals surface area contributed by atoms with Gasteiger partial charge in [-0.2, -0.15) is 16.1 Å². The van der Waals surface area contributed by atoms with Gasteiger partial charge in [0.2, 0.25) is 0 Å². The summed E-state index contributed by atoms with van der Waals surface area (Å²) in [6, 6.07) is 0. The lowest BCUT2D eigenvalue weighted by Crippen LogP contribution is -2.36. The number of nitrogens with two attached hydrogens (primary N) is 1. The van der Waals surface area contributed by atoms with Crippen LogP contribution in [0.1, 0.15) is 6.92 Å². The summed E-state index contributed by atoms with van der Waals surface area (Å²) in [5, 5.41) is 3.74. The monoisotopic (exact) mass is 336 g/mol. The third-order valence-corrected chi connectivity index (χ3v) is 6.87. The minimum atomic E-state index is -3.33. The number of sulfone groups is 1. The Balaban J connectivity index is 1.96. The van der Waals surface area contributed by atoms with Crippen molar-refractivity contribution in [1.29, 1.82) is 0 Å². The first-order valence-electron chi connectivity index (χ1n) is 6.56. The van der Waals surface area contributed by atoms with Crippen LogP contribution in [-0.4, -0.2) is 61.1 Å². The summed E-state index contributed by atoms with van der Waals surface area (Å²) in [7, 11) is -3.33. The highest BCUT2D eigenvalue weighted by Crippen LogP contribution is 2.32. The van der Waals surface area contributed by atoms with Gasteiger partial charge in [-0.15, -0.1) is 0 Å². The Morgan fingerprint density at radius 3 is 2.75 bits per heavy atom. The zero-order valence-electron chi connectivity index (χ0n) is 11.5. The lowest BCUT2D eigenvalue weighted by atomic mass is 10.4. The molecule has 0 spiro atoms. The minimum absolute atomic E-state index is 0.0354. The van der Waals surface area contributed by atoms with E-state index < -0.39 is 9.84 Å². The fraction of sp³-hybridized carbons (Fsp3) is 0.727. The van der Waals surface area contributed by atoms with Gasteiger partial charge < -0.3 is 11.1 Å². The van der Waals surface area contributed by atoms with E-state index in [0.29, 0.717) is 11.5 Å². The minimum Gasteiger partial charge on any atom is -0.382 e. The second-order valence-corrected chi connectivity index (χ2v) is 8.72. The van der Waals surface area contributed by atoms with Gasteiger partial charge in [0.15, 0.2) is 15.7 Å². The molecule has 1 aliphatic rings. The van der Waals surface area contributed by atoms with E-state index in [9.17, 15) is 8.42 Å². The molecule has 0 radical (unpaired) electrons. The van der Waals surface area contributed by atoms with E-state index >= 15 is 0 Å². The maximum atomic E-state index is 12.0. The fourth-order valence-corrected chi connectivity index (χ4v) is 5.18. The van der Waals surface area contributed by atoms with Crippen LogP contribution in [0.4, 0.5) is 10.8 Å². The van der Waals surface area contributed by atoms with Gasteiger partial charge in [-0.3, -0.25) is 4.90 Å². The number of hydrogen-bond donors (Lipinski definition) is 2. The number of nitrogens with one attached hydrogen (secondary N) is 1. The van der Waals surface area contributed by atoms with Crippen LogP contribution in [0.5, 0.6) is 0 Å². The Labute approximate surface area is 128 Å². The number of aromatic nitrogens is 1. The maximum Gasteiger partial charge on any atom is 0.184 e. The first-order chi connectivity index (χ1) is 9.54. The molecule has 2 heterocycles. The summed E-state index contributed by atoms with van der Waals surface area (Å²) in [6.45, 7) is 5.42. The summed E-state index contributed by atoms with van der Waals surface area (Å²) >= 11 is 3.09. The van der Waals surface area contributed by atoms with E-state index in [1.807, 2.05) is 11.8 Å². The number of anilines is 2. The maximum absolute atomic E-state index is 12.0. The smallest absolute Gasteiger partial charge is 0.184 e. The summed E-state index contributed by atoms with van der Waals surface area (Å²) in [6.07, 6.45) is 0. The highest BCUT2D eigenvalue weighted by molar-refractivity contribution is 7.99. The predicted molar refractivity (Wildman–Crippen MR) is 86.5 cm³/mol. The molecule has 0 bridgehead atoms. The predicted octanol–water partition coefficient (Wildman–Crippen LogP) is 0.980. The lowest BCUT2D eigenvalue weighted by molar-refractivity contribution is 0.314. The van der Waals surface area contributed by atoms with Crippen LogP contribution in [0, 0.1) is 0 Å². The van der Waals surface area contributed by atoms with Crippen molar-refractivity contribution < 1.29 is 8.42 Å². The molecule has 1 aromatic rings. The summed E-state index contributed by atoms with van der Waals surface area (Å²) in [5.41, 5.74) is 5.68. The van der Waals surface area contributed by atoms with Crippen molar-refractivity contribution in [3.8, 4) is 0 Å². The highest BCUT2D eigenvalue weighted by atomic mass is 32.2. The van der Waals surface area contributed by atoms with Gasteiger partial charge in [0, 0.05) is 37.7 Å². The Morgan fingerprint density at radius 2 is 2.10 bits per heavy atom. The zero-order valence-corrected chi connectivity index (χ0v) is 13.9. The van der Waals surface area contributed by atoms with Gasteiger partial charge in [0.25, 0.3) is 0 Å². The van der Waals surface area contributed by atoms with Gasteiger partial charge in [0.05, 0.1) is 5.75 Å². The number of nitrogens with zero attached hydrogens (tertiary/aromatic N) is 2. The van der Waals surface area contributed by atoms with Crippen LogP contribution in [-0.2, 0) is 9.84 Å². The molecule has 9 heteroatoms. The van der Waals surface area contributed by atoms with Gasteiger partial charge in [-0.25, -0.2) is 8.42 Å². The van der Waals surface area contributed by atoms with Crippen LogP contribution in [0.25, 0.3) is 0 Å². The summed E-state index contributed by atoms with van der Waals surface area (Å²) in [4.78, 5) is 2.54. The Kier molecular flexibility index (Phi) is 5.53. The molecule has 0 unspecified atom stereocenters. The molecule has 1 aliphatic heterocycles. The molecule has 114 valence electrons. The quantitative estimate of drug-likeness (QED) is 0.800. The van der Waals surface area contributed by atoms with E-state index in [0.717, 1.165) is 31.2 Å². The Bertz CT molecular complexity index is 538. The van der Waals surface area contributed by atoms with Crippen molar-refractivity contribution in [1.82, 2.24) is 9.27 Å². The third-order valence-electron chi connectivity index (χ3n) is 3.18. The van der Waals surface area contributed by atoms with Gasteiger partial charge in [0.1, 0.15) is 9.90 Å². The Hall–Kier alpha value is -0.510. The first kappa shape index (κ1) is 15.9.